The van der Waals surface area contributed by atoms with Crippen LogP contribution in [0, 0.1) is 5.92 Å². The van der Waals surface area contributed by atoms with Gasteiger partial charge in [-0.1, -0.05) is 13.8 Å². The molecule has 1 atom stereocenters. The molecule has 0 spiro atoms. The van der Waals surface area contributed by atoms with Crippen LogP contribution in [0.1, 0.15) is 23.7 Å². The predicted octanol–water partition coefficient (Wildman–Crippen LogP) is 1.47. The number of aliphatic hydroxyl groups is 1. The molecule has 0 aromatic carbocycles. The van der Waals surface area contributed by atoms with Crippen molar-refractivity contribution >= 4 is 11.3 Å². The van der Waals surface area contributed by atoms with Gasteiger partial charge in [0.1, 0.15) is 0 Å². The molecular weight excluding hydrogens is 298 g/mol. The fraction of sp³-hybridized carbons (Fsp3) is 0.812. The van der Waals surface area contributed by atoms with Crippen molar-refractivity contribution in [2.75, 3.05) is 46.4 Å². The van der Waals surface area contributed by atoms with Gasteiger partial charge in [0.2, 0.25) is 0 Å². The number of likely N-dealkylation sites (N-methyl/N-ethyl adjacent to an activating group) is 1. The highest BCUT2D eigenvalue weighted by Crippen LogP contribution is 2.18. The average molecular weight is 327 g/mol. The SMILES string of the molecule is CC(C)Cc1ncc(CN(C)CC(O)CN2CCOCC2)s1. The normalized spacial score (nSPS) is 18.3. The van der Waals surface area contributed by atoms with Crippen molar-refractivity contribution in [2.24, 2.45) is 5.92 Å². The molecule has 6 heteroatoms. The summed E-state index contributed by atoms with van der Waals surface area (Å²) in [6.07, 6.45) is 2.72. The smallest absolute Gasteiger partial charge is 0.0930 e. The molecule has 0 aliphatic carbocycles. The molecule has 2 rings (SSSR count). The number of hydrogen-bond acceptors (Lipinski definition) is 6. The van der Waals surface area contributed by atoms with E-state index in [0.717, 1.165) is 45.8 Å². The largest absolute Gasteiger partial charge is 0.390 e. The number of β-amino-alcohol motifs (C(OH)–C–C–N with tert-alkyl or cyclic N) is 1. The third-order valence-electron chi connectivity index (χ3n) is 3.71. The summed E-state index contributed by atoms with van der Waals surface area (Å²) in [5.74, 6) is 0.645. The first-order valence-electron chi connectivity index (χ1n) is 8.13. The van der Waals surface area contributed by atoms with Crippen molar-refractivity contribution in [1.82, 2.24) is 14.8 Å². The van der Waals surface area contributed by atoms with Crippen molar-refractivity contribution in [3.63, 3.8) is 0 Å². The fourth-order valence-electron chi connectivity index (χ4n) is 2.69. The van der Waals surface area contributed by atoms with E-state index in [2.05, 4.69) is 35.7 Å². The topological polar surface area (TPSA) is 48.8 Å². The molecule has 22 heavy (non-hydrogen) atoms. The summed E-state index contributed by atoms with van der Waals surface area (Å²) in [5.41, 5.74) is 0. The summed E-state index contributed by atoms with van der Waals surface area (Å²) in [5, 5.41) is 11.5. The lowest BCUT2D eigenvalue weighted by atomic mass is 10.1. The Morgan fingerprint density at radius 1 is 1.41 bits per heavy atom. The predicted molar refractivity (Wildman–Crippen MR) is 90.3 cm³/mol. The van der Waals surface area contributed by atoms with Gasteiger partial charge in [0.05, 0.1) is 24.3 Å². The molecule has 2 heterocycles. The number of aliphatic hydroxyl groups excluding tert-OH is 1. The van der Waals surface area contributed by atoms with Gasteiger partial charge in [0.25, 0.3) is 0 Å². The van der Waals surface area contributed by atoms with Gasteiger partial charge in [0.15, 0.2) is 0 Å². The minimum atomic E-state index is -0.314. The van der Waals surface area contributed by atoms with Gasteiger partial charge in [-0.05, 0) is 13.0 Å². The number of rotatable bonds is 8. The lowest BCUT2D eigenvalue weighted by molar-refractivity contribution is 0.00830. The standard InChI is InChI=1S/C16H29N3O2S/c1-13(2)8-16-17-9-15(22-16)12-18(3)10-14(20)11-19-4-6-21-7-5-19/h9,13-14,20H,4-8,10-12H2,1-3H3. The quantitative estimate of drug-likeness (QED) is 0.783. The molecule has 126 valence electrons. The van der Waals surface area contributed by atoms with Gasteiger partial charge in [-0.25, -0.2) is 4.98 Å². The van der Waals surface area contributed by atoms with Crippen LogP contribution in [-0.4, -0.2) is 72.4 Å². The summed E-state index contributed by atoms with van der Waals surface area (Å²) in [6, 6.07) is 0. The Morgan fingerprint density at radius 2 is 2.14 bits per heavy atom. The minimum Gasteiger partial charge on any atom is -0.390 e. The van der Waals surface area contributed by atoms with E-state index in [1.54, 1.807) is 11.3 Å². The molecule has 0 amide bonds. The summed E-state index contributed by atoms with van der Waals surface area (Å²) < 4.78 is 5.33. The second-order valence-corrected chi connectivity index (χ2v) is 7.78. The Morgan fingerprint density at radius 3 is 2.82 bits per heavy atom. The van der Waals surface area contributed by atoms with Crippen LogP contribution < -0.4 is 0 Å². The number of aromatic nitrogens is 1. The molecule has 1 saturated heterocycles. The Labute approximate surface area is 137 Å². The fourth-order valence-corrected chi connectivity index (χ4v) is 3.91. The highest BCUT2D eigenvalue weighted by atomic mass is 32.1. The first-order valence-corrected chi connectivity index (χ1v) is 8.95. The van der Waals surface area contributed by atoms with Gasteiger partial charge in [-0.2, -0.15) is 0 Å². The molecule has 1 aliphatic rings. The molecule has 1 unspecified atom stereocenters. The zero-order valence-corrected chi connectivity index (χ0v) is 14.8. The maximum absolute atomic E-state index is 10.2. The van der Waals surface area contributed by atoms with E-state index in [-0.39, 0.29) is 6.10 Å². The summed E-state index contributed by atoms with van der Waals surface area (Å²) in [7, 11) is 2.06. The lowest BCUT2D eigenvalue weighted by Gasteiger charge is -2.29. The van der Waals surface area contributed by atoms with Gasteiger partial charge in [-0.15, -0.1) is 11.3 Å². The molecule has 0 radical (unpaired) electrons. The average Bonchev–Trinajstić information content (AvgIpc) is 2.85. The number of thiazole rings is 1. The molecule has 1 aromatic rings. The van der Waals surface area contributed by atoms with Crippen molar-refractivity contribution in [2.45, 2.75) is 32.9 Å². The summed E-state index contributed by atoms with van der Waals surface area (Å²) in [4.78, 5) is 10.2. The molecule has 1 aliphatic heterocycles. The summed E-state index contributed by atoms with van der Waals surface area (Å²) >= 11 is 1.79. The number of ether oxygens (including phenoxy) is 1. The maximum atomic E-state index is 10.2. The lowest BCUT2D eigenvalue weighted by Crippen LogP contribution is -2.43. The second-order valence-electron chi connectivity index (χ2n) is 6.58. The van der Waals surface area contributed by atoms with Crippen molar-refractivity contribution in [1.29, 1.82) is 0 Å². The molecule has 0 saturated carbocycles. The van der Waals surface area contributed by atoms with Crippen LogP contribution in [-0.2, 0) is 17.7 Å². The van der Waals surface area contributed by atoms with Crippen molar-refractivity contribution in [3.05, 3.63) is 16.1 Å². The zero-order valence-electron chi connectivity index (χ0n) is 14.0. The van der Waals surface area contributed by atoms with Crippen molar-refractivity contribution in [3.8, 4) is 0 Å². The highest BCUT2D eigenvalue weighted by Gasteiger charge is 2.16. The van der Waals surface area contributed by atoms with Gasteiger partial charge < -0.3 is 9.84 Å². The molecule has 1 aromatic heterocycles. The molecule has 0 bridgehead atoms. The Balaban J connectivity index is 1.72. The third kappa shape index (κ3) is 6.30. The van der Waals surface area contributed by atoms with Crippen LogP contribution in [0.2, 0.25) is 0 Å². The molecular formula is C16H29N3O2S. The van der Waals surface area contributed by atoms with E-state index in [0.29, 0.717) is 12.5 Å². The number of morpholine rings is 1. The minimum absolute atomic E-state index is 0.314. The maximum Gasteiger partial charge on any atom is 0.0930 e. The van der Waals surface area contributed by atoms with Crippen LogP contribution >= 0.6 is 11.3 Å². The van der Waals surface area contributed by atoms with E-state index in [9.17, 15) is 5.11 Å². The van der Waals surface area contributed by atoms with Crippen LogP contribution in [0.4, 0.5) is 0 Å². The van der Waals surface area contributed by atoms with E-state index in [1.165, 1.54) is 9.88 Å². The zero-order chi connectivity index (χ0) is 15.9. The number of hydrogen-bond donors (Lipinski definition) is 1. The molecule has 1 N–H and O–H groups in total. The summed E-state index contributed by atoms with van der Waals surface area (Å²) in [6.45, 7) is 10.1. The first kappa shape index (κ1) is 17.8. The van der Waals surface area contributed by atoms with Gasteiger partial charge in [-0.3, -0.25) is 9.80 Å². The van der Waals surface area contributed by atoms with E-state index >= 15 is 0 Å². The third-order valence-corrected chi connectivity index (χ3v) is 4.71. The molecule has 1 fully saturated rings. The van der Waals surface area contributed by atoms with Crippen LogP contribution in [0.3, 0.4) is 0 Å². The Bertz CT molecular complexity index is 433. The Kier molecular flexibility index (Phi) is 7.24. The van der Waals surface area contributed by atoms with Crippen LogP contribution in [0.5, 0.6) is 0 Å². The number of nitrogens with zero attached hydrogens (tertiary/aromatic N) is 3. The van der Waals surface area contributed by atoms with Gasteiger partial charge in [0, 0.05) is 50.2 Å². The van der Waals surface area contributed by atoms with E-state index < -0.39 is 0 Å². The first-order chi connectivity index (χ1) is 10.5. The van der Waals surface area contributed by atoms with E-state index in [1.807, 2.05) is 6.20 Å². The molecule has 5 nitrogen and oxygen atoms in total. The highest BCUT2D eigenvalue weighted by molar-refractivity contribution is 7.11. The van der Waals surface area contributed by atoms with Crippen LogP contribution in [0.25, 0.3) is 0 Å². The van der Waals surface area contributed by atoms with Gasteiger partial charge >= 0.3 is 0 Å². The van der Waals surface area contributed by atoms with E-state index in [4.69, 9.17) is 4.74 Å². The second kappa shape index (κ2) is 8.93. The monoisotopic (exact) mass is 327 g/mol. The van der Waals surface area contributed by atoms with Crippen LogP contribution in [0.15, 0.2) is 6.20 Å². The Hall–Kier alpha value is -0.530. The van der Waals surface area contributed by atoms with Crippen molar-refractivity contribution < 1.29 is 9.84 Å².